The monoisotopic (exact) mass is 226 g/mol. The van der Waals surface area contributed by atoms with Crippen LogP contribution in [0.3, 0.4) is 0 Å². The second-order valence-corrected chi connectivity index (χ2v) is 4.84. The summed E-state index contributed by atoms with van der Waals surface area (Å²) >= 11 is 1.48. The number of rotatable bonds is 5. The molecule has 0 bridgehead atoms. The number of carboxylic acids is 1. The average molecular weight is 226 g/mol. The lowest BCUT2D eigenvalue weighted by Crippen LogP contribution is -2.17. The standard InChI is InChI=1S/C10H14N2O2S/c1-6(7-2-3-7)11-10-12-8(5-15-10)4-9(13)14/h5-7H,2-4H2,1H3,(H,11,12)(H,13,14). The fourth-order valence-electron chi connectivity index (χ4n) is 1.52. The molecule has 1 saturated carbocycles. The lowest BCUT2D eigenvalue weighted by molar-refractivity contribution is -0.136. The summed E-state index contributed by atoms with van der Waals surface area (Å²) < 4.78 is 0. The van der Waals surface area contributed by atoms with E-state index in [0.29, 0.717) is 11.7 Å². The Hall–Kier alpha value is -1.10. The van der Waals surface area contributed by atoms with Gasteiger partial charge < -0.3 is 10.4 Å². The molecule has 0 aliphatic heterocycles. The predicted octanol–water partition coefficient (Wildman–Crippen LogP) is 1.98. The Morgan fingerprint density at radius 2 is 2.53 bits per heavy atom. The summed E-state index contributed by atoms with van der Waals surface area (Å²) in [4.78, 5) is 14.7. The Kier molecular flexibility index (Phi) is 2.90. The van der Waals surface area contributed by atoms with E-state index in [9.17, 15) is 4.79 Å². The minimum Gasteiger partial charge on any atom is -0.481 e. The van der Waals surface area contributed by atoms with Crippen molar-refractivity contribution in [2.75, 3.05) is 5.32 Å². The molecule has 2 N–H and O–H groups in total. The number of nitrogens with one attached hydrogen (secondary N) is 1. The van der Waals surface area contributed by atoms with Gasteiger partial charge in [0.05, 0.1) is 12.1 Å². The summed E-state index contributed by atoms with van der Waals surface area (Å²) in [6.07, 6.45) is 2.60. The summed E-state index contributed by atoms with van der Waals surface area (Å²) in [5.41, 5.74) is 0.637. The van der Waals surface area contributed by atoms with Gasteiger partial charge in [0, 0.05) is 11.4 Å². The van der Waals surface area contributed by atoms with Gasteiger partial charge in [0.1, 0.15) is 0 Å². The Bertz CT molecular complexity index is 360. The smallest absolute Gasteiger partial charge is 0.309 e. The van der Waals surface area contributed by atoms with Crippen LogP contribution in [0.4, 0.5) is 5.13 Å². The molecule has 0 aromatic carbocycles. The minimum absolute atomic E-state index is 0.00991. The molecule has 5 heteroatoms. The number of aromatic nitrogens is 1. The van der Waals surface area contributed by atoms with Crippen molar-refractivity contribution in [2.24, 2.45) is 5.92 Å². The van der Waals surface area contributed by atoms with Gasteiger partial charge in [-0.2, -0.15) is 0 Å². The molecular weight excluding hydrogens is 212 g/mol. The fraction of sp³-hybridized carbons (Fsp3) is 0.600. The largest absolute Gasteiger partial charge is 0.481 e. The molecule has 1 unspecified atom stereocenters. The van der Waals surface area contributed by atoms with Gasteiger partial charge in [0.2, 0.25) is 0 Å². The van der Waals surface area contributed by atoms with E-state index in [1.165, 1.54) is 24.2 Å². The summed E-state index contributed by atoms with van der Waals surface area (Å²) in [7, 11) is 0. The number of thiazole rings is 1. The van der Waals surface area contributed by atoms with E-state index in [1.807, 2.05) is 0 Å². The van der Waals surface area contributed by atoms with Crippen molar-refractivity contribution in [3.05, 3.63) is 11.1 Å². The number of aliphatic carboxylic acids is 1. The van der Waals surface area contributed by atoms with E-state index in [-0.39, 0.29) is 6.42 Å². The zero-order chi connectivity index (χ0) is 10.8. The molecule has 1 fully saturated rings. The van der Waals surface area contributed by atoms with Crippen molar-refractivity contribution in [1.82, 2.24) is 4.98 Å². The molecule has 0 radical (unpaired) electrons. The lowest BCUT2D eigenvalue weighted by atomic mass is 10.2. The van der Waals surface area contributed by atoms with Gasteiger partial charge in [-0.3, -0.25) is 4.79 Å². The van der Waals surface area contributed by atoms with Crippen molar-refractivity contribution in [3.8, 4) is 0 Å². The molecule has 1 aliphatic rings. The number of carboxylic acid groups (broad SMARTS) is 1. The molecule has 0 amide bonds. The van der Waals surface area contributed by atoms with E-state index in [0.717, 1.165) is 11.0 Å². The highest BCUT2D eigenvalue weighted by atomic mass is 32.1. The highest BCUT2D eigenvalue weighted by Gasteiger charge is 2.28. The fourth-order valence-corrected chi connectivity index (χ4v) is 2.33. The third kappa shape index (κ3) is 2.92. The highest BCUT2D eigenvalue weighted by molar-refractivity contribution is 7.13. The maximum Gasteiger partial charge on any atom is 0.309 e. The molecule has 15 heavy (non-hydrogen) atoms. The third-order valence-electron chi connectivity index (χ3n) is 2.56. The van der Waals surface area contributed by atoms with Crippen molar-refractivity contribution < 1.29 is 9.90 Å². The number of nitrogens with zero attached hydrogens (tertiary/aromatic N) is 1. The van der Waals surface area contributed by atoms with Crippen LogP contribution in [0, 0.1) is 5.92 Å². The zero-order valence-corrected chi connectivity index (χ0v) is 9.38. The van der Waals surface area contributed by atoms with Gasteiger partial charge in [-0.1, -0.05) is 0 Å². The highest BCUT2D eigenvalue weighted by Crippen LogP contribution is 2.34. The molecule has 82 valence electrons. The van der Waals surface area contributed by atoms with Crippen LogP contribution in [0.15, 0.2) is 5.38 Å². The van der Waals surface area contributed by atoms with Gasteiger partial charge >= 0.3 is 5.97 Å². The van der Waals surface area contributed by atoms with E-state index < -0.39 is 5.97 Å². The zero-order valence-electron chi connectivity index (χ0n) is 8.56. The molecule has 4 nitrogen and oxygen atoms in total. The first-order valence-electron chi connectivity index (χ1n) is 5.08. The van der Waals surface area contributed by atoms with Crippen molar-refractivity contribution in [3.63, 3.8) is 0 Å². The van der Waals surface area contributed by atoms with Crippen LogP contribution in [-0.2, 0) is 11.2 Å². The number of carbonyl (C=O) groups is 1. The minimum atomic E-state index is -0.831. The van der Waals surface area contributed by atoms with Crippen LogP contribution in [-0.4, -0.2) is 22.1 Å². The van der Waals surface area contributed by atoms with Gasteiger partial charge in [0.15, 0.2) is 5.13 Å². The molecule has 1 aromatic rings. The summed E-state index contributed by atoms with van der Waals surface area (Å²) in [5.74, 6) is -0.0566. The van der Waals surface area contributed by atoms with Crippen LogP contribution in [0.5, 0.6) is 0 Å². The Morgan fingerprint density at radius 3 is 3.13 bits per heavy atom. The first-order valence-corrected chi connectivity index (χ1v) is 5.96. The van der Waals surface area contributed by atoms with E-state index in [2.05, 4.69) is 17.2 Å². The number of hydrogen-bond acceptors (Lipinski definition) is 4. The van der Waals surface area contributed by atoms with Crippen LogP contribution in [0.2, 0.25) is 0 Å². The molecule has 1 aliphatic carbocycles. The first kappa shape index (κ1) is 10.4. The van der Waals surface area contributed by atoms with Gasteiger partial charge in [0.25, 0.3) is 0 Å². The Morgan fingerprint density at radius 1 is 1.80 bits per heavy atom. The van der Waals surface area contributed by atoms with Gasteiger partial charge in [-0.05, 0) is 25.7 Å². The molecular formula is C10H14N2O2S. The van der Waals surface area contributed by atoms with Crippen molar-refractivity contribution >= 4 is 22.4 Å². The normalized spacial score (nSPS) is 17.4. The quantitative estimate of drug-likeness (QED) is 0.806. The summed E-state index contributed by atoms with van der Waals surface area (Å²) in [6, 6.07) is 0.453. The summed E-state index contributed by atoms with van der Waals surface area (Å²) in [5, 5.41) is 14.6. The molecule has 1 atom stereocenters. The molecule has 1 heterocycles. The molecule has 0 spiro atoms. The first-order chi connectivity index (χ1) is 7.15. The predicted molar refractivity (Wildman–Crippen MR) is 59.3 cm³/mol. The number of hydrogen-bond donors (Lipinski definition) is 2. The van der Waals surface area contributed by atoms with Crippen molar-refractivity contribution in [1.29, 1.82) is 0 Å². The van der Waals surface area contributed by atoms with Crippen LogP contribution in [0.1, 0.15) is 25.5 Å². The average Bonchev–Trinajstić information content (AvgIpc) is 2.90. The Balaban J connectivity index is 1.91. The second kappa shape index (κ2) is 4.18. The lowest BCUT2D eigenvalue weighted by Gasteiger charge is -2.10. The topological polar surface area (TPSA) is 62.2 Å². The maximum absolute atomic E-state index is 10.5. The van der Waals surface area contributed by atoms with E-state index in [4.69, 9.17) is 5.11 Å². The maximum atomic E-state index is 10.5. The number of anilines is 1. The van der Waals surface area contributed by atoms with Crippen LogP contribution >= 0.6 is 11.3 Å². The third-order valence-corrected chi connectivity index (χ3v) is 3.39. The van der Waals surface area contributed by atoms with Crippen LogP contribution < -0.4 is 5.32 Å². The SMILES string of the molecule is CC(Nc1nc(CC(=O)O)cs1)C1CC1. The summed E-state index contributed by atoms with van der Waals surface area (Å²) in [6.45, 7) is 2.15. The van der Waals surface area contributed by atoms with E-state index in [1.54, 1.807) is 5.38 Å². The van der Waals surface area contributed by atoms with Gasteiger partial charge in [-0.25, -0.2) is 4.98 Å². The molecule has 2 rings (SSSR count). The Labute approximate surface area is 92.3 Å². The van der Waals surface area contributed by atoms with Crippen LogP contribution in [0.25, 0.3) is 0 Å². The second-order valence-electron chi connectivity index (χ2n) is 3.98. The van der Waals surface area contributed by atoms with E-state index >= 15 is 0 Å². The molecule has 1 aromatic heterocycles. The molecule has 0 saturated heterocycles. The van der Waals surface area contributed by atoms with Crippen molar-refractivity contribution in [2.45, 2.75) is 32.2 Å². The van der Waals surface area contributed by atoms with Gasteiger partial charge in [-0.15, -0.1) is 11.3 Å².